The second kappa shape index (κ2) is 6.49. The van der Waals surface area contributed by atoms with Crippen LogP contribution in [0.4, 0.5) is 0 Å². The van der Waals surface area contributed by atoms with Gasteiger partial charge < -0.3 is 19.8 Å². The normalized spacial score (nSPS) is 11.2. The highest BCUT2D eigenvalue weighted by molar-refractivity contribution is 5.75. The molecule has 0 radical (unpaired) electrons. The molecule has 98 valence electrons. The van der Waals surface area contributed by atoms with Crippen molar-refractivity contribution in [3.05, 3.63) is 30.1 Å². The van der Waals surface area contributed by atoms with E-state index in [0.29, 0.717) is 26.4 Å². The van der Waals surface area contributed by atoms with Crippen molar-refractivity contribution >= 4 is 11.0 Å². The lowest BCUT2D eigenvalue weighted by molar-refractivity contribution is 0.129. The van der Waals surface area contributed by atoms with Crippen LogP contribution in [0.2, 0.25) is 0 Å². The fourth-order valence-corrected chi connectivity index (χ4v) is 1.96. The molecule has 1 aromatic carbocycles. The molecule has 5 nitrogen and oxygen atoms in total. The first-order chi connectivity index (χ1) is 8.86. The van der Waals surface area contributed by atoms with Crippen molar-refractivity contribution in [2.75, 3.05) is 26.9 Å². The Hall–Kier alpha value is -1.43. The minimum Gasteiger partial charge on any atom is -0.378 e. The van der Waals surface area contributed by atoms with Crippen LogP contribution in [0.15, 0.2) is 24.3 Å². The Morgan fingerprint density at radius 2 is 2.11 bits per heavy atom. The molecule has 0 aliphatic heterocycles. The summed E-state index contributed by atoms with van der Waals surface area (Å²) in [4.78, 5) is 4.56. The van der Waals surface area contributed by atoms with Crippen LogP contribution in [-0.4, -0.2) is 36.4 Å². The maximum absolute atomic E-state index is 5.42. The minimum atomic E-state index is 0.506. The summed E-state index contributed by atoms with van der Waals surface area (Å²) in [5.41, 5.74) is 7.49. The molecule has 1 aromatic heterocycles. The second-order valence-corrected chi connectivity index (χ2v) is 4.00. The summed E-state index contributed by atoms with van der Waals surface area (Å²) < 4.78 is 12.7. The molecular formula is C13H19N3O2. The van der Waals surface area contributed by atoms with Crippen molar-refractivity contribution in [3.8, 4) is 0 Å². The second-order valence-electron chi connectivity index (χ2n) is 4.00. The molecule has 2 N–H and O–H groups in total. The summed E-state index contributed by atoms with van der Waals surface area (Å²) in [7, 11) is 1.68. The maximum atomic E-state index is 5.42. The lowest BCUT2D eigenvalue weighted by Gasteiger charge is -2.09. The first-order valence-corrected chi connectivity index (χ1v) is 6.07. The van der Waals surface area contributed by atoms with Gasteiger partial charge in [0.25, 0.3) is 0 Å². The molecule has 0 unspecified atom stereocenters. The highest BCUT2D eigenvalue weighted by Crippen LogP contribution is 2.16. The van der Waals surface area contributed by atoms with Crippen molar-refractivity contribution < 1.29 is 9.47 Å². The van der Waals surface area contributed by atoms with E-state index in [1.165, 1.54) is 0 Å². The summed E-state index contributed by atoms with van der Waals surface area (Å²) in [6.07, 6.45) is 0. The van der Waals surface area contributed by atoms with Crippen LogP contribution in [0.1, 0.15) is 5.82 Å². The molecule has 0 saturated heterocycles. The van der Waals surface area contributed by atoms with E-state index in [0.717, 1.165) is 23.4 Å². The van der Waals surface area contributed by atoms with Crippen molar-refractivity contribution in [1.82, 2.24) is 9.55 Å². The van der Waals surface area contributed by atoms with E-state index in [1.54, 1.807) is 7.11 Å². The van der Waals surface area contributed by atoms with Gasteiger partial charge in [0.1, 0.15) is 12.4 Å². The van der Waals surface area contributed by atoms with Gasteiger partial charge in [0.05, 0.1) is 24.2 Å². The van der Waals surface area contributed by atoms with Crippen molar-refractivity contribution in [1.29, 1.82) is 0 Å². The molecule has 0 bridgehead atoms. The number of rotatable bonds is 7. The first kappa shape index (κ1) is 13.0. The topological polar surface area (TPSA) is 62.3 Å². The number of hydrogen-bond acceptors (Lipinski definition) is 4. The molecular weight excluding hydrogens is 230 g/mol. The summed E-state index contributed by atoms with van der Waals surface area (Å²) in [6, 6.07) is 8.06. The quantitative estimate of drug-likeness (QED) is 0.748. The number of fused-ring (bicyclic) bond motifs is 1. The number of nitrogens with zero attached hydrogens (tertiary/aromatic N) is 2. The van der Waals surface area contributed by atoms with Gasteiger partial charge in [-0.15, -0.1) is 0 Å². The Kier molecular flexibility index (Phi) is 4.69. The number of benzene rings is 1. The van der Waals surface area contributed by atoms with Crippen LogP contribution in [0.5, 0.6) is 0 Å². The molecule has 0 spiro atoms. The zero-order valence-corrected chi connectivity index (χ0v) is 10.6. The predicted octanol–water partition coefficient (Wildman–Crippen LogP) is 1.16. The van der Waals surface area contributed by atoms with Gasteiger partial charge in [-0.3, -0.25) is 0 Å². The molecule has 2 aromatic rings. The number of aromatic nitrogens is 2. The summed E-state index contributed by atoms with van der Waals surface area (Å²) in [5.74, 6) is 0.926. The lowest BCUT2D eigenvalue weighted by Crippen LogP contribution is -2.14. The van der Waals surface area contributed by atoms with Gasteiger partial charge in [-0.25, -0.2) is 4.98 Å². The predicted molar refractivity (Wildman–Crippen MR) is 70.3 cm³/mol. The monoisotopic (exact) mass is 249 g/mol. The molecule has 5 heteroatoms. The van der Waals surface area contributed by atoms with Crippen molar-refractivity contribution in [2.24, 2.45) is 5.73 Å². The van der Waals surface area contributed by atoms with Gasteiger partial charge in [0.2, 0.25) is 0 Å². The Morgan fingerprint density at radius 1 is 1.28 bits per heavy atom. The van der Waals surface area contributed by atoms with E-state index < -0.39 is 0 Å². The molecule has 0 aliphatic carbocycles. The van der Waals surface area contributed by atoms with Gasteiger partial charge in [-0.1, -0.05) is 12.1 Å². The third-order valence-electron chi connectivity index (χ3n) is 2.73. The first-order valence-electron chi connectivity index (χ1n) is 6.07. The fraction of sp³-hybridized carbons (Fsp3) is 0.462. The number of ether oxygens (including phenoxy) is 2. The number of nitrogens with two attached hydrogens (primary N) is 1. The van der Waals surface area contributed by atoms with E-state index in [9.17, 15) is 0 Å². The molecule has 2 rings (SSSR count). The van der Waals surface area contributed by atoms with Gasteiger partial charge in [0.15, 0.2) is 0 Å². The van der Waals surface area contributed by atoms with E-state index in [1.807, 2.05) is 18.2 Å². The van der Waals surface area contributed by atoms with E-state index in [-0.39, 0.29) is 0 Å². The number of hydrogen-bond donors (Lipinski definition) is 1. The summed E-state index contributed by atoms with van der Waals surface area (Å²) >= 11 is 0. The van der Waals surface area contributed by atoms with Crippen LogP contribution in [-0.2, 0) is 22.6 Å². The van der Waals surface area contributed by atoms with E-state index in [4.69, 9.17) is 15.2 Å². The average molecular weight is 249 g/mol. The fourth-order valence-electron chi connectivity index (χ4n) is 1.96. The molecule has 0 atom stereocenters. The van der Waals surface area contributed by atoms with Crippen molar-refractivity contribution in [3.63, 3.8) is 0 Å². The average Bonchev–Trinajstić information content (AvgIpc) is 2.73. The Bertz CT molecular complexity index is 496. The van der Waals surface area contributed by atoms with Gasteiger partial charge in [0, 0.05) is 20.2 Å². The van der Waals surface area contributed by atoms with Crippen molar-refractivity contribution in [2.45, 2.75) is 13.2 Å². The maximum Gasteiger partial charge on any atom is 0.136 e. The SMILES string of the molecule is COCc1nc2ccccc2n1CCOCCN. The number of imidazole rings is 1. The smallest absolute Gasteiger partial charge is 0.136 e. The summed E-state index contributed by atoms with van der Waals surface area (Å²) in [6.45, 7) is 3.04. The molecule has 0 aliphatic rings. The Labute approximate surface area is 107 Å². The Balaban J connectivity index is 2.19. The standard InChI is InChI=1S/C13H19N3O2/c1-17-10-13-15-11-4-2-3-5-12(11)16(13)7-9-18-8-6-14/h2-5H,6-10,14H2,1H3. The van der Waals surface area contributed by atoms with Crippen LogP contribution in [0.25, 0.3) is 11.0 Å². The van der Waals surface area contributed by atoms with Gasteiger partial charge >= 0.3 is 0 Å². The zero-order chi connectivity index (χ0) is 12.8. The van der Waals surface area contributed by atoms with Crippen LogP contribution in [0, 0.1) is 0 Å². The molecule has 1 heterocycles. The lowest BCUT2D eigenvalue weighted by atomic mass is 10.3. The van der Waals surface area contributed by atoms with Crippen LogP contribution in [0.3, 0.4) is 0 Å². The highest BCUT2D eigenvalue weighted by atomic mass is 16.5. The third-order valence-corrected chi connectivity index (χ3v) is 2.73. The number of para-hydroxylation sites is 2. The van der Waals surface area contributed by atoms with Gasteiger partial charge in [-0.2, -0.15) is 0 Å². The zero-order valence-electron chi connectivity index (χ0n) is 10.6. The highest BCUT2D eigenvalue weighted by Gasteiger charge is 2.09. The third kappa shape index (κ3) is 2.87. The van der Waals surface area contributed by atoms with E-state index in [2.05, 4.69) is 15.6 Å². The number of methoxy groups -OCH3 is 1. The minimum absolute atomic E-state index is 0.506. The van der Waals surface area contributed by atoms with E-state index >= 15 is 0 Å². The Morgan fingerprint density at radius 3 is 2.89 bits per heavy atom. The molecule has 18 heavy (non-hydrogen) atoms. The summed E-state index contributed by atoms with van der Waals surface area (Å²) in [5, 5.41) is 0. The largest absolute Gasteiger partial charge is 0.378 e. The van der Waals surface area contributed by atoms with Crippen LogP contribution >= 0.6 is 0 Å². The molecule has 0 amide bonds. The molecule has 0 saturated carbocycles. The molecule has 0 fully saturated rings. The van der Waals surface area contributed by atoms with Gasteiger partial charge in [-0.05, 0) is 12.1 Å². The van der Waals surface area contributed by atoms with Crippen LogP contribution < -0.4 is 5.73 Å².